The molecule has 0 aliphatic carbocycles. The molecular formula is C27H40N6O3. The summed E-state index contributed by atoms with van der Waals surface area (Å²) < 4.78 is 7.16. The first-order valence-electron chi connectivity index (χ1n) is 13.1. The Bertz CT molecular complexity index is 1020. The van der Waals surface area contributed by atoms with Crippen molar-refractivity contribution in [3.05, 3.63) is 47.3 Å². The number of nitrogens with zero attached hydrogens (tertiary/aromatic N) is 6. The van der Waals surface area contributed by atoms with Gasteiger partial charge in [-0.15, -0.1) is 0 Å². The molecule has 4 rings (SSSR count). The zero-order chi connectivity index (χ0) is 25.7. The summed E-state index contributed by atoms with van der Waals surface area (Å²) in [6.07, 6.45) is 1.95. The molecule has 3 heterocycles. The van der Waals surface area contributed by atoms with Crippen LogP contribution in [0.3, 0.4) is 0 Å². The largest absolute Gasteiger partial charge is 0.450 e. The summed E-state index contributed by atoms with van der Waals surface area (Å²) in [6.45, 7) is 12.3. The molecule has 0 saturated carbocycles. The predicted octanol–water partition coefficient (Wildman–Crippen LogP) is 3.02. The number of carbonyl (C=O) groups excluding carboxylic acids is 2. The van der Waals surface area contributed by atoms with E-state index >= 15 is 0 Å². The lowest BCUT2D eigenvalue weighted by atomic mass is 10.0. The summed E-state index contributed by atoms with van der Waals surface area (Å²) in [6, 6.07) is 10.7. The monoisotopic (exact) mass is 496 g/mol. The third-order valence-corrected chi connectivity index (χ3v) is 7.43. The number of rotatable bonds is 7. The van der Waals surface area contributed by atoms with Crippen molar-refractivity contribution in [1.82, 2.24) is 24.5 Å². The van der Waals surface area contributed by atoms with Gasteiger partial charge >= 0.3 is 6.09 Å². The highest BCUT2D eigenvalue weighted by Crippen LogP contribution is 2.23. The molecule has 0 radical (unpaired) electrons. The van der Waals surface area contributed by atoms with Crippen LogP contribution in [0.25, 0.3) is 0 Å². The Morgan fingerprint density at radius 2 is 1.64 bits per heavy atom. The first kappa shape index (κ1) is 26.0. The quantitative estimate of drug-likeness (QED) is 0.587. The standard InChI is InChI=1S/C27H40N6O3/c1-5-36-27(35)32-17-15-31(16-18-32)26(34)23-6-8-25(9-7-23)30-12-10-24(11-13-30)29(4)14-19-33-22(3)20-21(2)28-33/h6-9,20,24H,5,10-19H2,1-4H3. The second-order valence-electron chi connectivity index (χ2n) is 9.87. The van der Waals surface area contributed by atoms with Crippen LogP contribution in [-0.2, 0) is 11.3 Å². The van der Waals surface area contributed by atoms with Gasteiger partial charge in [0, 0.05) is 68.8 Å². The molecule has 2 amide bonds. The molecule has 2 aliphatic rings. The van der Waals surface area contributed by atoms with Crippen molar-refractivity contribution in [2.45, 2.75) is 46.2 Å². The molecular weight excluding hydrogens is 456 g/mol. The predicted molar refractivity (Wildman–Crippen MR) is 141 cm³/mol. The molecule has 0 N–H and O–H groups in total. The van der Waals surface area contributed by atoms with E-state index in [1.54, 1.807) is 11.8 Å². The Hall–Kier alpha value is -3.07. The number of aromatic nitrogens is 2. The second kappa shape index (κ2) is 11.8. The van der Waals surface area contributed by atoms with Gasteiger partial charge in [-0.25, -0.2) is 4.79 Å². The zero-order valence-corrected chi connectivity index (χ0v) is 22.2. The Balaban J connectivity index is 1.23. The van der Waals surface area contributed by atoms with E-state index in [0.29, 0.717) is 44.4 Å². The third kappa shape index (κ3) is 6.19. The molecule has 9 nitrogen and oxygen atoms in total. The van der Waals surface area contributed by atoms with Crippen LogP contribution in [0.1, 0.15) is 41.5 Å². The normalized spacial score (nSPS) is 17.1. The number of aryl methyl sites for hydroxylation is 2. The number of likely N-dealkylation sites (N-methyl/N-ethyl adjacent to an activating group) is 1. The van der Waals surface area contributed by atoms with E-state index in [0.717, 1.165) is 44.7 Å². The van der Waals surface area contributed by atoms with Crippen LogP contribution in [0, 0.1) is 13.8 Å². The number of ether oxygens (including phenoxy) is 1. The van der Waals surface area contributed by atoms with Crippen molar-refractivity contribution in [3.8, 4) is 0 Å². The Morgan fingerprint density at radius 1 is 1.00 bits per heavy atom. The molecule has 36 heavy (non-hydrogen) atoms. The van der Waals surface area contributed by atoms with Gasteiger partial charge < -0.3 is 24.3 Å². The minimum atomic E-state index is -0.299. The van der Waals surface area contributed by atoms with Crippen molar-refractivity contribution >= 4 is 17.7 Å². The second-order valence-corrected chi connectivity index (χ2v) is 9.87. The number of hydrogen-bond donors (Lipinski definition) is 0. The zero-order valence-electron chi connectivity index (χ0n) is 22.2. The van der Waals surface area contributed by atoms with Gasteiger partial charge in [0.1, 0.15) is 0 Å². The van der Waals surface area contributed by atoms with E-state index < -0.39 is 0 Å². The Kier molecular flexibility index (Phi) is 8.51. The van der Waals surface area contributed by atoms with Crippen molar-refractivity contribution in [2.75, 3.05) is 64.4 Å². The third-order valence-electron chi connectivity index (χ3n) is 7.43. The molecule has 0 bridgehead atoms. The van der Waals surface area contributed by atoms with Gasteiger partial charge in [-0.1, -0.05) is 0 Å². The maximum Gasteiger partial charge on any atom is 0.409 e. The minimum absolute atomic E-state index is 0.0213. The van der Waals surface area contributed by atoms with Crippen molar-refractivity contribution < 1.29 is 14.3 Å². The Labute approximate surface area is 214 Å². The van der Waals surface area contributed by atoms with Crippen LogP contribution < -0.4 is 4.90 Å². The maximum absolute atomic E-state index is 13.0. The van der Waals surface area contributed by atoms with Crippen LogP contribution in [0.4, 0.5) is 10.5 Å². The lowest BCUT2D eigenvalue weighted by Gasteiger charge is -2.38. The molecule has 1 aromatic heterocycles. The smallest absolute Gasteiger partial charge is 0.409 e. The average Bonchev–Trinajstić information content (AvgIpc) is 3.23. The maximum atomic E-state index is 13.0. The lowest BCUT2D eigenvalue weighted by Crippen LogP contribution is -2.50. The van der Waals surface area contributed by atoms with E-state index in [1.165, 1.54) is 11.4 Å². The average molecular weight is 497 g/mol. The number of amides is 2. The fourth-order valence-corrected chi connectivity index (χ4v) is 5.21. The number of piperazine rings is 1. The summed E-state index contributed by atoms with van der Waals surface area (Å²) in [5, 5.41) is 4.58. The molecule has 2 fully saturated rings. The summed E-state index contributed by atoms with van der Waals surface area (Å²) in [7, 11) is 2.22. The van der Waals surface area contributed by atoms with Crippen molar-refractivity contribution in [3.63, 3.8) is 0 Å². The number of anilines is 1. The van der Waals surface area contributed by atoms with Gasteiger partial charge in [0.2, 0.25) is 0 Å². The molecule has 1 aromatic carbocycles. The molecule has 2 aliphatic heterocycles. The van der Waals surface area contributed by atoms with Crippen LogP contribution in [0.5, 0.6) is 0 Å². The van der Waals surface area contributed by atoms with Crippen molar-refractivity contribution in [2.24, 2.45) is 0 Å². The fourth-order valence-electron chi connectivity index (χ4n) is 5.21. The molecule has 0 unspecified atom stereocenters. The highest BCUT2D eigenvalue weighted by atomic mass is 16.6. The molecule has 0 atom stereocenters. The first-order chi connectivity index (χ1) is 17.4. The van der Waals surface area contributed by atoms with Gasteiger partial charge in [0.05, 0.1) is 18.8 Å². The molecule has 9 heteroatoms. The molecule has 2 aromatic rings. The number of benzene rings is 1. The van der Waals surface area contributed by atoms with Crippen molar-refractivity contribution in [1.29, 1.82) is 0 Å². The van der Waals surface area contributed by atoms with Gasteiger partial charge in [-0.05, 0) is 71.0 Å². The summed E-state index contributed by atoms with van der Waals surface area (Å²) in [5.74, 6) is 0.0213. The SMILES string of the molecule is CCOC(=O)N1CCN(C(=O)c2ccc(N3CCC(N(C)CCn4nc(C)cc4C)CC3)cc2)CC1. The van der Waals surface area contributed by atoms with Gasteiger partial charge in [0.25, 0.3) is 5.91 Å². The van der Waals surface area contributed by atoms with E-state index in [2.05, 4.69) is 51.8 Å². The lowest BCUT2D eigenvalue weighted by molar-refractivity contribution is 0.0570. The van der Waals surface area contributed by atoms with E-state index in [-0.39, 0.29) is 12.0 Å². The van der Waals surface area contributed by atoms with E-state index in [9.17, 15) is 9.59 Å². The number of carbonyl (C=O) groups is 2. The summed E-state index contributed by atoms with van der Waals surface area (Å²) >= 11 is 0. The molecule has 0 spiro atoms. The van der Waals surface area contributed by atoms with Gasteiger partial charge in [0.15, 0.2) is 0 Å². The highest BCUT2D eigenvalue weighted by molar-refractivity contribution is 5.94. The Morgan fingerprint density at radius 3 is 2.22 bits per heavy atom. The minimum Gasteiger partial charge on any atom is -0.450 e. The fraction of sp³-hybridized carbons (Fsp3) is 0.593. The van der Waals surface area contributed by atoms with Crippen LogP contribution in [-0.4, -0.2) is 102 Å². The summed E-state index contributed by atoms with van der Waals surface area (Å²) in [5.41, 5.74) is 4.16. The van der Waals surface area contributed by atoms with E-state index in [1.807, 2.05) is 24.0 Å². The van der Waals surface area contributed by atoms with E-state index in [4.69, 9.17) is 4.74 Å². The highest BCUT2D eigenvalue weighted by Gasteiger charge is 2.26. The van der Waals surface area contributed by atoms with Gasteiger partial charge in [-0.3, -0.25) is 9.48 Å². The summed E-state index contributed by atoms with van der Waals surface area (Å²) in [4.78, 5) is 33.2. The molecule has 196 valence electrons. The van der Waals surface area contributed by atoms with Crippen LogP contribution >= 0.6 is 0 Å². The first-order valence-corrected chi connectivity index (χ1v) is 13.1. The van der Waals surface area contributed by atoms with Crippen LogP contribution in [0.2, 0.25) is 0 Å². The number of piperidine rings is 1. The van der Waals surface area contributed by atoms with Crippen LogP contribution in [0.15, 0.2) is 30.3 Å². The molecule has 2 saturated heterocycles. The topological polar surface area (TPSA) is 74.2 Å². The number of hydrogen-bond acceptors (Lipinski definition) is 6. The van der Waals surface area contributed by atoms with Gasteiger partial charge in [-0.2, -0.15) is 5.10 Å².